The number of nitrogen functional groups attached to an aromatic ring is 1. The number of halogens is 1. The number of aromatic nitrogens is 3. The number of pyridine rings is 1. The first-order chi connectivity index (χ1) is 14.8. The van der Waals surface area contributed by atoms with Crippen molar-refractivity contribution in [2.75, 3.05) is 25.9 Å². The van der Waals surface area contributed by atoms with Crippen LogP contribution in [0.2, 0.25) is 0 Å². The Balaban J connectivity index is 1.56. The molecule has 0 spiro atoms. The van der Waals surface area contributed by atoms with Crippen molar-refractivity contribution in [1.29, 1.82) is 0 Å². The van der Waals surface area contributed by atoms with Crippen molar-refractivity contribution < 1.29 is 4.39 Å². The normalized spacial score (nSPS) is 16.5. The summed E-state index contributed by atoms with van der Waals surface area (Å²) < 4.78 is 16.2. The molecule has 0 bridgehead atoms. The van der Waals surface area contributed by atoms with Gasteiger partial charge in [0.05, 0.1) is 12.2 Å². The van der Waals surface area contributed by atoms with E-state index in [2.05, 4.69) is 45.9 Å². The van der Waals surface area contributed by atoms with Crippen molar-refractivity contribution in [3.05, 3.63) is 64.9 Å². The number of rotatable bonds is 5. The molecule has 164 valence electrons. The fourth-order valence-electron chi connectivity index (χ4n) is 4.82. The minimum absolute atomic E-state index is 0.136. The first-order valence-corrected chi connectivity index (χ1v) is 11.1. The Morgan fingerprint density at radius 1 is 1.16 bits per heavy atom. The second kappa shape index (κ2) is 8.79. The number of hydrogen-bond acceptors (Lipinski definition) is 4. The summed E-state index contributed by atoms with van der Waals surface area (Å²) in [7, 11) is 2.17. The number of nitrogens with two attached hydrogens (primary N) is 1. The topological polar surface area (TPSA) is 60.0 Å². The van der Waals surface area contributed by atoms with Crippen LogP contribution >= 0.6 is 0 Å². The number of likely N-dealkylation sites (tertiary alicyclic amines) is 1. The molecular weight excluding hydrogens is 389 g/mol. The quantitative estimate of drug-likeness (QED) is 0.637. The average Bonchev–Trinajstić information content (AvgIpc) is 3.23. The number of aryl methyl sites for hydroxylation is 1. The van der Waals surface area contributed by atoms with Gasteiger partial charge in [-0.2, -0.15) is 5.10 Å². The predicted octanol–water partition coefficient (Wildman–Crippen LogP) is 4.90. The highest BCUT2D eigenvalue weighted by molar-refractivity contribution is 5.64. The van der Waals surface area contributed by atoms with Gasteiger partial charge in [-0.3, -0.25) is 4.68 Å². The lowest BCUT2D eigenvalue weighted by Crippen LogP contribution is -2.31. The summed E-state index contributed by atoms with van der Waals surface area (Å²) in [6, 6.07) is 5.95. The van der Waals surface area contributed by atoms with E-state index in [9.17, 15) is 4.39 Å². The molecule has 2 N–H and O–H groups in total. The van der Waals surface area contributed by atoms with E-state index in [0.717, 1.165) is 59.3 Å². The molecule has 1 atom stereocenters. The maximum absolute atomic E-state index is 14.2. The number of benzene rings is 1. The fourth-order valence-corrected chi connectivity index (χ4v) is 4.82. The third-order valence-electron chi connectivity index (χ3n) is 6.68. The SMILES string of the molecule is Cc1ccc(F)c(C)c1C(C)Cc1cc(-c2cnn(C3CCN(C)CC3)c2)cnc1N. The lowest BCUT2D eigenvalue weighted by molar-refractivity contribution is 0.212. The molecule has 0 aliphatic carbocycles. The summed E-state index contributed by atoms with van der Waals surface area (Å²) in [6.45, 7) is 8.21. The molecule has 3 heterocycles. The summed E-state index contributed by atoms with van der Waals surface area (Å²) in [4.78, 5) is 6.82. The van der Waals surface area contributed by atoms with E-state index >= 15 is 0 Å². The molecule has 1 aliphatic heterocycles. The van der Waals surface area contributed by atoms with Crippen molar-refractivity contribution in [2.24, 2.45) is 0 Å². The van der Waals surface area contributed by atoms with E-state index in [0.29, 0.717) is 18.3 Å². The molecule has 4 rings (SSSR count). The molecule has 0 saturated carbocycles. The molecule has 0 amide bonds. The minimum atomic E-state index is -0.159. The first kappa shape index (κ1) is 21.5. The average molecular weight is 422 g/mol. The van der Waals surface area contributed by atoms with Gasteiger partial charge in [0.15, 0.2) is 0 Å². The Kier molecular flexibility index (Phi) is 6.10. The monoisotopic (exact) mass is 421 g/mol. The van der Waals surface area contributed by atoms with Crippen LogP contribution < -0.4 is 5.73 Å². The lowest BCUT2D eigenvalue weighted by Gasteiger charge is -2.28. The Labute approximate surface area is 184 Å². The zero-order chi connectivity index (χ0) is 22.1. The van der Waals surface area contributed by atoms with Crippen LogP contribution in [0, 0.1) is 19.7 Å². The van der Waals surface area contributed by atoms with Crippen LogP contribution in [-0.2, 0) is 6.42 Å². The third-order valence-corrected chi connectivity index (χ3v) is 6.68. The Morgan fingerprint density at radius 2 is 1.90 bits per heavy atom. The van der Waals surface area contributed by atoms with Gasteiger partial charge >= 0.3 is 0 Å². The number of anilines is 1. The van der Waals surface area contributed by atoms with E-state index in [1.807, 2.05) is 32.3 Å². The number of piperidine rings is 1. The molecule has 2 aromatic heterocycles. The summed E-state index contributed by atoms with van der Waals surface area (Å²) in [5.74, 6) is 0.510. The van der Waals surface area contributed by atoms with Gasteiger partial charge in [0.25, 0.3) is 0 Å². The minimum Gasteiger partial charge on any atom is -0.383 e. The summed E-state index contributed by atoms with van der Waals surface area (Å²) in [5, 5.41) is 4.63. The fraction of sp³-hybridized carbons (Fsp3) is 0.440. The predicted molar refractivity (Wildman–Crippen MR) is 124 cm³/mol. The van der Waals surface area contributed by atoms with Crippen LogP contribution in [-0.4, -0.2) is 39.8 Å². The van der Waals surface area contributed by atoms with E-state index in [1.165, 1.54) is 0 Å². The van der Waals surface area contributed by atoms with E-state index in [4.69, 9.17) is 5.73 Å². The molecular formula is C25H32FN5. The first-order valence-electron chi connectivity index (χ1n) is 11.1. The highest BCUT2D eigenvalue weighted by atomic mass is 19.1. The van der Waals surface area contributed by atoms with Crippen LogP contribution in [0.3, 0.4) is 0 Å². The smallest absolute Gasteiger partial charge is 0.126 e. The van der Waals surface area contributed by atoms with E-state index in [-0.39, 0.29) is 11.7 Å². The van der Waals surface area contributed by atoms with Gasteiger partial charge in [0.2, 0.25) is 0 Å². The molecule has 0 radical (unpaired) electrons. The lowest BCUT2D eigenvalue weighted by atomic mass is 9.87. The van der Waals surface area contributed by atoms with Crippen LogP contribution in [0.5, 0.6) is 0 Å². The Bertz CT molecular complexity index is 1070. The van der Waals surface area contributed by atoms with E-state index < -0.39 is 0 Å². The summed E-state index contributed by atoms with van der Waals surface area (Å²) in [6.07, 6.45) is 8.80. The van der Waals surface area contributed by atoms with Crippen LogP contribution in [0.15, 0.2) is 36.8 Å². The summed E-state index contributed by atoms with van der Waals surface area (Å²) >= 11 is 0. The van der Waals surface area contributed by atoms with Gasteiger partial charge in [0.1, 0.15) is 11.6 Å². The molecule has 31 heavy (non-hydrogen) atoms. The Hall–Kier alpha value is -2.73. The molecule has 6 heteroatoms. The van der Waals surface area contributed by atoms with Gasteiger partial charge in [-0.1, -0.05) is 13.0 Å². The van der Waals surface area contributed by atoms with Crippen LogP contribution in [0.25, 0.3) is 11.1 Å². The van der Waals surface area contributed by atoms with Crippen LogP contribution in [0.4, 0.5) is 10.2 Å². The molecule has 5 nitrogen and oxygen atoms in total. The standard InChI is InChI=1S/C25H32FN5/c1-16-5-6-23(26)18(3)24(16)17(2)11-19-12-20(13-28-25(19)27)21-14-29-31(15-21)22-7-9-30(4)10-8-22/h5-6,12-15,17,22H,7-11H2,1-4H3,(H2,27,28). The van der Waals surface area contributed by atoms with Crippen LogP contribution in [0.1, 0.15) is 54.0 Å². The highest BCUT2D eigenvalue weighted by Crippen LogP contribution is 2.31. The third kappa shape index (κ3) is 4.49. The van der Waals surface area contributed by atoms with Gasteiger partial charge in [-0.15, -0.1) is 0 Å². The van der Waals surface area contributed by atoms with Crippen molar-refractivity contribution in [1.82, 2.24) is 19.7 Å². The largest absolute Gasteiger partial charge is 0.383 e. The van der Waals surface area contributed by atoms with E-state index in [1.54, 1.807) is 6.07 Å². The Morgan fingerprint density at radius 3 is 2.65 bits per heavy atom. The van der Waals surface area contributed by atoms with Gasteiger partial charge in [-0.05, 0) is 93.6 Å². The van der Waals surface area contributed by atoms with Gasteiger partial charge < -0.3 is 10.6 Å². The molecule has 1 fully saturated rings. The number of nitrogens with zero attached hydrogens (tertiary/aromatic N) is 4. The second-order valence-corrected chi connectivity index (χ2v) is 9.02. The van der Waals surface area contributed by atoms with Crippen molar-refractivity contribution in [3.8, 4) is 11.1 Å². The molecule has 3 aromatic rings. The summed E-state index contributed by atoms with van der Waals surface area (Å²) in [5.41, 5.74) is 12.2. The van der Waals surface area contributed by atoms with Crippen molar-refractivity contribution in [2.45, 2.75) is 52.0 Å². The molecule has 1 unspecified atom stereocenters. The van der Waals surface area contributed by atoms with Gasteiger partial charge in [0, 0.05) is 23.5 Å². The molecule has 1 aliphatic rings. The number of hydrogen-bond donors (Lipinski definition) is 1. The highest BCUT2D eigenvalue weighted by Gasteiger charge is 2.20. The zero-order valence-electron chi connectivity index (χ0n) is 18.9. The maximum Gasteiger partial charge on any atom is 0.126 e. The molecule has 1 aromatic carbocycles. The second-order valence-electron chi connectivity index (χ2n) is 9.02. The maximum atomic E-state index is 14.2. The van der Waals surface area contributed by atoms with Crippen molar-refractivity contribution >= 4 is 5.82 Å². The van der Waals surface area contributed by atoms with Crippen molar-refractivity contribution in [3.63, 3.8) is 0 Å². The zero-order valence-corrected chi connectivity index (χ0v) is 18.9. The van der Waals surface area contributed by atoms with Gasteiger partial charge in [-0.25, -0.2) is 9.37 Å². The molecule has 1 saturated heterocycles.